The highest BCUT2D eigenvalue weighted by Gasteiger charge is 2.28. The fourth-order valence-electron chi connectivity index (χ4n) is 2.76. The summed E-state index contributed by atoms with van der Waals surface area (Å²) < 4.78 is 0. The molecule has 0 unspecified atom stereocenters. The molecule has 1 aromatic heterocycles. The number of hydrogen-bond donors (Lipinski definition) is 1. The highest BCUT2D eigenvalue weighted by molar-refractivity contribution is 5.92. The van der Waals surface area contributed by atoms with Gasteiger partial charge in [-0.05, 0) is 25.0 Å². The maximum Gasteiger partial charge on any atom is 0.276 e. The summed E-state index contributed by atoms with van der Waals surface area (Å²) in [6.45, 7) is 1.13. The molecule has 3 rings (SSSR count). The van der Waals surface area contributed by atoms with E-state index in [-0.39, 0.29) is 17.7 Å². The van der Waals surface area contributed by atoms with E-state index >= 15 is 0 Å². The number of para-hydroxylation sites is 1. The van der Waals surface area contributed by atoms with Crippen LogP contribution in [0.1, 0.15) is 23.3 Å². The van der Waals surface area contributed by atoms with Gasteiger partial charge in [0, 0.05) is 26.1 Å². The zero-order valence-electron chi connectivity index (χ0n) is 13.0. The molecule has 23 heavy (non-hydrogen) atoms. The molecule has 1 fully saturated rings. The number of carbonyl (C=O) groups excluding carboxylic acids is 2. The molecule has 2 heterocycles. The van der Waals surface area contributed by atoms with Crippen LogP contribution in [0.4, 0.5) is 0 Å². The van der Waals surface area contributed by atoms with Gasteiger partial charge in [0.2, 0.25) is 5.91 Å². The standard InChI is InChI=1S/C16H19N5O2/c1-17-15(22)12-7-9-20(10-8-12)16(23)14-11-18-21(19-14)13-5-3-2-4-6-13/h2-6,11-12H,7-10H2,1H3,(H,17,22). The van der Waals surface area contributed by atoms with Crippen LogP contribution in [0.15, 0.2) is 36.5 Å². The van der Waals surface area contributed by atoms with Gasteiger partial charge in [-0.15, -0.1) is 5.10 Å². The van der Waals surface area contributed by atoms with E-state index in [4.69, 9.17) is 0 Å². The van der Waals surface area contributed by atoms with Gasteiger partial charge < -0.3 is 10.2 Å². The third-order valence-corrected chi connectivity index (χ3v) is 4.10. The lowest BCUT2D eigenvalue weighted by Gasteiger charge is -2.30. The first-order valence-electron chi connectivity index (χ1n) is 7.67. The molecule has 120 valence electrons. The lowest BCUT2D eigenvalue weighted by molar-refractivity contribution is -0.125. The summed E-state index contributed by atoms with van der Waals surface area (Å²) >= 11 is 0. The maximum absolute atomic E-state index is 12.5. The van der Waals surface area contributed by atoms with Gasteiger partial charge in [0.1, 0.15) is 0 Å². The summed E-state index contributed by atoms with van der Waals surface area (Å²) in [6, 6.07) is 9.45. The maximum atomic E-state index is 12.5. The van der Waals surface area contributed by atoms with Crippen LogP contribution in [-0.2, 0) is 4.79 Å². The SMILES string of the molecule is CNC(=O)C1CCN(C(=O)c2cnn(-c3ccccc3)n2)CC1. The number of piperidine rings is 1. The molecular weight excluding hydrogens is 294 g/mol. The van der Waals surface area contributed by atoms with Gasteiger partial charge in [0.15, 0.2) is 5.69 Å². The van der Waals surface area contributed by atoms with Crippen molar-refractivity contribution in [1.29, 1.82) is 0 Å². The van der Waals surface area contributed by atoms with E-state index in [1.165, 1.54) is 11.0 Å². The number of amides is 2. The molecule has 1 N–H and O–H groups in total. The van der Waals surface area contributed by atoms with E-state index in [0.717, 1.165) is 5.69 Å². The second-order valence-corrected chi connectivity index (χ2v) is 5.54. The predicted octanol–water partition coefficient (Wildman–Crippen LogP) is 0.865. The largest absolute Gasteiger partial charge is 0.359 e. The van der Waals surface area contributed by atoms with Crippen LogP contribution in [0.3, 0.4) is 0 Å². The first-order valence-corrected chi connectivity index (χ1v) is 7.67. The zero-order chi connectivity index (χ0) is 16.2. The Morgan fingerprint density at radius 3 is 2.52 bits per heavy atom. The highest BCUT2D eigenvalue weighted by atomic mass is 16.2. The summed E-state index contributed by atoms with van der Waals surface area (Å²) in [7, 11) is 1.64. The minimum Gasteiger partial charge on any atom is -0.359 e. The highest BCUT2D eigenvalue weighted by Crippen LogP contribution is 2.18. The molecule has 1 aliphatic rings. The van der Waals surface area contributed by atoms with Gasteiger partial charge in [-0.3, -0.25) is 9.59 Å². The minimum atomic E-state index is -0.137. The van der Waals surface area contributed by atoms with Gasteiger partial charge in [-0.25, -0.2) is 0 Å². The van der Waals surface area contributed by atoms with Crippen LogP contribution >= 0.6 is 0 Å². The van der Waals surface area contributed by atoms with Gasteiger partial charge in [0.05, 0.1) is 11.9 Å². The number of benzene rings is 1. The molecule has 0 saturated carbocycles. The number of carbonyl (C=O) groups is 2. The molecule has 1 aliphatic heterocycles. The lowest BCUT2D eigenvalue weighted by Crippen LogP contribution is -2.42. The van der Waals surface area contributed by atoms with Gasteiger partial charge in [0.25, 0.3) is 5.91 Å². The molecule has 0 bridgehead atoms. The normalized spacial score (nSPS) is 15.4. The summed E-state index contributed by atoms with van der Waals surface area (Å²) in [5.41, 5.74) is 1.14. The van der Waals surface area contributed by atoms with E-state index in [1.54, 1.807) is 11.9 Å². The van der Waals surface area contributed by atoms with E-state index in [9.17, 15) is 9.59 Å². The van der Waals surface area contributed by atoms with E-state index < -0.39 is 0 Å². The molecule has 2 amide bonds. The number of hydrogen-bond acceptors (Lipinski definition) is 4. The quantitative estimate of drug-likeness (QED) is 0.911. The number of nitrogens with zero attached hydrogens (tertiary/aromatic N) is 4. The molecule has 0 atom stereocenters. The van der Waals surface area contributed by atoms with Crippen LogP contribution in [0, 0.1) is 5.92 Å². The number of aromatic nitrogens is 3. The Morgan fingerprint density at radius 1 is 1.17 bits per heavy atom. The van der Waals surface area contributed by atoms with Crippen LogP contribution in [-0.4, -0.2) is 51.8 Å². The van der Waals surface area contributed by atoms with Crippen LogP contribution in [0.5, 0.6) is 0 Å². The minimum absolute atomic E-state index is 0.0101. The van der Waals surface area contributed by atoms with Crippen molar-refractivity contribution in [2.45, 2.75) is 12.8 Å². The van der Waals surface area contributed by atoms with E-state index in [2.05, 4.69) is 15.5 Å². The molecular formula is C16H19N5O2. The van der Waals surface area contributed by atoms with Gasteiger partial charge in [-0.1, -0.05) is 18.2 Å². The Hall–Kier alpha value is -2.70. The molecule has 7 nitrogen and oxygen atoms in total. The number of nitrogens with one attached hydrogen (secondary N) is 1. The van der Waals surface area contributed by atoms with Crippen molar-refractivity contribution in [1.82, 2.24) is 25.2 Å². The fourth-order valence-corrected chi connectivity index (χ4v) is 2.76. The van der Waals surface area contributed by atoms with Crippen molar-refractivity contribution in [3.05, 3.63) is 42.2 Å². The van der Waals surface area contributed by atoms with Crippen LogP contribution < -0.4 is 5.32 Å². The second-order valence-electron chi connectivity index (χ2n) is 5.54. The van der Waals surface area contributed by atoms with E-state index in [0.29, 0.717) is 31.6 Å². The Bertz CT molecular complexity index is 690. The molecule has 1 aromatic carbocycles. The summed E-state index contributed by atoms with van der Waals surface area (Å²) in [5, 5.41) is 11.1. The summed E-state index contributed by atoms with van der Waals surface area (Å²) in [5.74, 6) is -0.0984. The third-order valence-electron chi connectivity index (χ3n) is 4.10. The average Bonchev–Trinajstić information content (AvgIpc) is 3.11. The van der Waals surface area contributed by atoms with Crippen molar-refractivity contribution in [2.75, 3.05) is 20.1 Å². The van der Waals surface area contributed by atoms with Crippen molar-refractivity contribution in [3.8, 4) is 5.69 Å². The first kappa shape index (κ1) is 15.2. The predicted molar refractivity (Wildman–Crippen MR) is 84.1 cm³/mol. The summed E-state index contributed by atoms with van der Waals surface area (Å²) in [6.07, 6.45) is 2.84. The third kappa shape index (κ3) is 3.23. The lowest BCUT2D eigenvalue weighted by atomic mass is 9.96. The molecule has 1 saturated heterocycles. The monoisotopic (exact) mass is 313 g/mol. The van der Waals surface area contributed by atoms with Crippen molar-refractivity contribution >= 4 is 11.8 Å². The topological polar surface area (TPSA) is 80.1 Å². The van der Waals surface area contributed by atoms with Crippen molar-refractivity contribution in [3.63, 3.8) is 0 Å². The molecule has 0 spiro atoms. The zero-order valence-corrected chi connectivity index (χ0v) is 13.0. The Morgan fingerprint density at radius 2 is 1.87 bits per heavy atom. The molecule has 7 heteroatoms. The van der Waals surface area contributed by atoms with Crippen LogP contribution in [0.2, 0.25) is 0 Å². The Kier molecular flexibility index (Phi) is 4.36. The molecule has 0 radical (unpaired) electrons. The fraction of sp³-hybridized carbons (Fsp3) is 0.375. The number of likely N-dealkylation sites (tertiary alicyclic amines) is 1. The number of rotatable bonds is 3. The smallest absolute Gasteiger partial charge is 0.276 e. The van der Waals surface area contributed by atoms with Gasteiger partial charge >= 0.3 is 0 Å². The van der Waals surface area contributed by atoms with Gasteiger partial charge in [-0.2, -0.15) is 9.90 Å². The Balaban J connectivity index is 1.66. The van der Waals surface area contributed by atoms with Crippen LogP contribution in [0.25, 0.3) is 5.69 Å². The second kappa shape index (κ2) is 6.60. The van der Waals surface area contributed by atoms with Crippen molar-refractivity contribution in [2.24, 2.45) is 5.92 Å². The average molecular weight is 313 g/mol. The Labute approximate surface area is 134 Å². The summed E-state index contributed by atoms with van der Waals surface area (Å²) in [4.78, 5) is 27.3. The molecule has 0 aliphatic carbocycles. The molecule has 2 aromatic rings. The van der Waals surface area contributed by atoms with Crippen molar-refractivity contribution < 1.29 is 9.59 Å². The first-order chi connectivity index (χ1) is 11.2. The van der Waals surface area contributed by atoms with E-state index in [1.807, 2.05) is 30.3 Å².